The van der Waals surface area contributed by atoms with E-state index in [0.717, 1.165) is 34.6 Å². The largest absolute Gasteiger partial charge is 0.379 e. The summed E-state index contributed by atoms with van der Waals surface area (Å²) in [6.07, 6.45) is 6.60. The summed E-state index contributed by atoms with van der Waals surface area (Å²) in [4.78, 5) is 11.5. The number of aromatic nitrogens is 4. The highest BCUT2D eigenvalue weighted by Crippen LogP contribution is 2.23. The number of nitrogens with two attached hydrogens (primary N) is 1. The number of nitrogens with one attached hydrogen (secondary N) is 1. The average Bonchev–Trinajstić information content (AvgIpc) is 3.17. The van der Waals surface area contributed by atoms with Crippen molar-refractivity contribution in [3.8, 4) is 5.69 Å². The van der Waals surface area contributed by atoms with Crippen molar-refractivity contribution in [2.24, 2.45) is 12.8 Å². The molecule has 0 aliphatic heterocycles. The highest BCUT2D eigenvalue weighted by molar-refractivity contribution is 5.94. The molecule has 130 valence electrons. The van der Waals surface area contributed by atoms with E-state index >= 15 is 0 Å². The van der Waals surface area contributed by atoms with Gasteiger partial charge in [-0.1, -0.05) is 6.92 Å². The summed E-state index contributed by atoms with van der Waals surface area (Å²) in [7, 11) is 1.91. The van der Waals surface area contributed by atoms with Crippen molar-refractivity contribution in [2.75, 3.05) is 5.32 Å². The molecule has 3 aromatic rings. The van der Waals surface area contributed by atoms with Gasteiger partial charge in [0.25, 0.3) is 0 Å². The second kappa shape index (κ2) is 6.80. The lowest BCUT2D eigenvalue weighted by atomic mass is 10.1. The van der Waals surface area contributed by atoms with E-state index in [4.69, 9.17) is 5.73 Å². The number of primary amides is 1. The van der Waals surface area contributed by atoms with Gasteiger partial charge in [0, 0.05) is 37.1 Å². The Morgan fingerprint density at radius 2 is 2.12 bits per heavy atom. The van der Waals surface area contributed by atoms with Gasteiger partial charge in [-0.05, 0) is 37.1 Å². The summed E-state index contributed by atoms with van der Waals surface area (Å²) < 4.78 is 3.60. The number of aryl methyl sites for hydroxylation is 3. The van der Waals surface area contributed by atoms with Crippen LogP contribution < -0.4 is 11.1 Å². The number of nitrogens with zero attached hydrogens (tertiary/aromatic N) is 4. The zero-order valence-electron chi connectivity index (χ0n) is 14.7. The second-order valence-electron chi connectivity index (χ2n) is 6.04. The van der Waals surface area contributed by atoms with Gasteiger partial charge in [0.05, 0.1) is 23.3 Å². The first-order valence-electron chi connectivity index (χ1n) is 8.18. The Labute approximate surface area is 146 Å². The van der Waals surface area contributed by atoms with Gasteiger partial charge in [-0.3, -0.25) is 9.48 Å². The van der Waals surface area contributed by atoms with Crippen molar-refractivity contribution in [3.05, 3.63) is 59.2 Å². The van der Waals surface area contributed by atoms with Crippen molar-refractivity contribution < 1.29 is 4.79 Å². The monoisotopic (exact) mass is 338 g/mol. The molecule has 0 saturated heterocycles. The third-order valence-electron chi connectivity index (χ3n) is 4.04. The van der Waals surface area contributed by atoms with Crippen molar-refractivity contribution in [1.29, 1.82) is 0 Å². The molecular weight excluding hydrogens is 316 g/mol. The third kappa shape index (κ3) is 3.55. The summed E-state index contributed by atoms with van der Waals surface area (Å²) >= 11 is 0. The molecule has 1 amide bonds. The summed E-state index contributed by atoms with van der Waals surface area (Å²) in [6, 6.07) is 5.32. The fourth-order valence-corrected chi connectivity index (χ4v) is 2.79. The van der Waals surface area contributed by atoms with Gasteiger partial charge < -0.3 is 11.1 Å². The molecule has 0 bridgehead atoms. The van der Waals surface area contributed by atoms with Gasteiger partial charge in [-0.15, -0.1) is 0 Å². The van der Waals surface area contributed by atoms with E-state index in [9.17, 15) is 4.79 Å². The molecule has 3 rings (SSSR count). The van der Waals surface area contributed by atoms with Crippen molar-refractivity contribution in [1.82, 2.24) is 19.6 Å². The molecule has 1 aromatic carbocycles. The minimum Gasteiger partial charge on any atom is -0.379 e. The quantitative estimate of drug-likeness (QED) is 0.721. The van der Waals surface area contributed by atoms with Gasteiger partial charge >= 0.3 is 0 Å². The molecule has 25 heavy (non-hydrogen) atoms. The standard InChI is InChI=1S/C18H22N6O/c1-4-15-14(11-23(3)22-15)9-20-16-7-13(18(19)25)5-6-17(16)24-10-12(2)8-21-24/h5-8,10-11,20H,4,9H2,1-3H3,(H2,19,25). The summed E-state index contributed by atoms with van der Waals surface area (Å²) in [5, 5.41) is 12.2. The first kappa shape index (κ1) is 16.8. The second-order valence-corrected chi connectivity index (χ2v) is 6.04. The van der Waals surface area contributed by atoms with Gasteiger partial charge in [-0.2, -0.15) is 10.2 Å². The molecular formula is C18H22N6O. The van der Waals surface area contributed by atoms with E-state index in [2.05, 4.69) is 22.4 Å². The number of hydrogen-bond donors (Lipinski definition) is 2. The lowest BCUT2D eigenvalue weighted by Gasteiger charge is -2.13. The Morgan fingerprint density at radius 3 is 2.76 bits per heavy atom. The lowest BCUT2D eigenvalue weighted by molar-refractivity contribution is 0.100. The van der Waals surface area contributed by atoms with E-state index in [0.29, 0.717) is 12.1 Å². The predicted molar refractivity (Wildman–Crippen MR) is 96.7 cm³/mol. The molecule has 0 spiro atoms. The van der Waals surface area contributed by atoms with E-state index in [1.54, 1.807) is 23.0 Å². The number of rotatable bonds is 6. The number of hydrogen-bond acceptors (Lipinski definition) is 4. The Morgan fingerprint density at radius 1 is 1.32 bits per heavy atom. The van der Waals surface area contributed by atoms with Crippen LogP contribution >= 0.6 is 0 Å². The average molecular weight is 338 g/mol. The molecule has 7 heteroatoms. The first-order valence-corrected chi connectivity index (χ1v) is 8.18. The highest BCUT2D eigenvalue weighted by atomic mass is 16.1. The number of benzene rings is 1. The normalized spacial score (nSPS) is 10.8. The van der Waals surface area contributed by atoms with Crippen LogP contribution in [0, 0.1) is 6.92 Å². The molecule has 0 fully saturated rings. The summed E-state index contributed by atoms with van der Waals surface area (Å²) in [6.45, 7) is 4.67. The first-order chi connectivity index (χ1) is 12.0. The molecule has 0 aliphatic rings. The van der Waals surface area contributed by atoms with Crippen LogP contribution in [0.3, 0.4) is 0 Å². The Hall–Kier alpha value is -3.09. The molecule has 0 radical (unpaired) electrons. The van der Waals surface area contributed by atoms with Crippen molar-refractivity contribution in [2.45, 2.75) is 26.8 Å². The van der Waals surface area contributed by atoms with E-state index in [1.807, 2.05) is 37.1 Å². The molecule has 2 aromatic heterocycles. The van der Waals surface area contributed by atoms with Gasteiger partial charge in [0.15, 0.2) is 0 Å². The third-order valence-corrected chi connectivity index (χ3v) is 4.04. The number of anilines is 1. The van der Waals surface area contributed by atoms with Crippen LogP contribution in [0.15, 0.2) is 36.8 Å². The molecule has 0 aliphatic carbocycles. The fourth-order valence-electron chi connectivity index (χ4n) is 2.79. The zero-order chi connectivity index (χ0) is 18.0. The van der Waals surface area contributed by atoms with Crippen LogP contribution in [0.2, 0.25) is 0 Å². The summed E-state index contributed by atoms with van der Waals surface area (Å²) in [5.41, 5.74) is 10.8. The SMILES string of the molecule is CCc1nn(C)cc1CNc1cc(C(N)=O)ccc1-n1cc(C)cn1. The zero-order valence-corrected chi connectivity index (χ0v) is 14.7. The minimum absolute atomic E-state index is 0.456. The number of carbonyl (C=O) groups is 1. The summed E-state index contributed by atoms with van der Waals surface area (Å²) in [5.74, 6) is -0.457. The van der Waals surface area contributed by atoms with Crippen LogP contribution in [0.4, 0.5) is 5.69 Å². The maximum Gasteiger partial charge on any atom is 0.248 e. The van der Waals surface area contributed by atoms with Gasteiger partial charge in [-0.25, -0.2) is 4.68 Å². The van der Waals surface area contributed by atoms with Crippen LogP contribution in [-0.2, 0) is 20.0 Å². The Bertz CT molecular complexity index is 908. The fraction of sp³-hybridized carbons (Fsp3) is 0.278. The van der Waals surface area contributed by atoms with Crippen LogP contribution in [0.5, 0.6) is 0 Å². The van der Waals surface area contributed by atoms with Crippen LogP contribution in [-0.4, -0.2) is 25.5 Å². The van der Waals surface area contributed by atoms with Crippen LogP contribution in [0.1, 0.15) is 34.1 Å². The van der Waals surface area contributed by atoms with E-state index in [-0.39, 0.29) is 0 Å². The lowest BCUT2D eigenvalue weighted by Crippen LogP contribution is -2.13. The molecule has 7 nitrogen and oxygen atoms in total. The van der Waals surface area contributed by atoms with Crippen LogP contribution in [0.25, 0.3) is 5.69 Å². The molecule has 2 heterocycles. The van der Waals surface area contributed by atoms with Crippen molar-refractivity contribution in [3.63, 3.8) is 0 Å². The van der Waals surface area contributed by atoms with Gasteiger partial charge in [0.2, 0.25) is 5.91 Å². The van der Waals surface area contributed by atoms with Gasteiger partial charge in [0.1, 0.15) is 0 Å². The molecule has 3 N–H and O–H groups in total. The number of amides is 1. The maximum absolute atomic E-state index is 11.5. The van der Waals surface area contributed by atoms with E-state index < -0.39 is 5.91 Å². The van der Waals surface area contributed by atoms with E-state index in [1.165, 1.54) is 0 Å². The molecule has 0 unspecified atom stereocenters. The number of carbonyl (C=O) groups excluding carboxylic acids is 1. The Kier molecular flexibility index (Phi) is 4.56. The molecule has 0 atom stereocenters. The van der Waals surface area contributed by atoms with Crippen molar-refractivity contribution >= 4 is 11.6 Å². The smallest absolute Gasteiger partial charge is 0.248 e. The highest BCUT2D eigenvalue weighted by Gasteiger charge is 2.12. The molecule has 0 saturated carbocycles. The maximum atomic E-state index is 11.5. The topological polar surface area (TPSA) is 90.8 Å². The predicted octanol–water partition coefficient (Wildman–Crippen LogP) is 2.19. The Balaban J connectivity index is 1.94. The minimum atomic E-state index is -0.457.